The maximum absolute atomic E-state index is 4.53. The van der Waals surface area contributed by atoms with Gasteiger partial charge >= 0.3 is 0 Å². The van der Waals surface area contributed by atoms with E-state index in [-0.39, 0.29) is 0 Å². The molecule has 6 heteroatoms. The molecule has 0 aliphatic carbocycles. The minimum atomic E-state index is 0.778. The first kappa shape index (κ1) is 13.4. The van der Waals surface area contributed by atoms with Crippen LogP contribution in [0, 0.1) is 6.92 Å². The Hall–Kier alpha value is -2.63. The van der Waals surface area contributed by atoms with Gasteiger partial charge in [-0.25, -0.2) is 9.97 Å². The number of hydrogen-bond acceptors (Lipinski definition) is 4. The molecule has 3 aromatic rings. The molecule has 2 heterocycles. The molecule has 21 heavy (non-hydrogen) atoms. The van der Waals surface area contributed by atoms with E-state index >= 15 is 0 Å². The number of anilines is 2. The van der Waals surface area contributed by atoms with Gasteiger partial charge in [-0.05, 0) is 19.1 Å². The van der Waals surface area contributed by atoms with E-state index < -0.39 is 0 Å². The Morgan fingerprint density at radius 3 is 2.71 bits per heavy atom. The van der Waals surface area contributed by atoms with Crippen LogP contribution in [0.5, 0.6) is 0 Å². The Morgan fingerprint density at radius 2 is 2.00 bits per heavy atom. The third-order valence-corrected chi connectivity index (χ3v) is 3.15. The van der Waals surface area contributed by atoms with Crippen molar-refractivity contribution in [1.82, 2.24) is 24.3 Å². The summed E-state index contributed by atoms with van der Waals surface area (Å²) in [5.41, 5.74) is 2.02. The molecule has 0 aliphatic heterocycles. The SMILES string of the molecule is Cc1cn(CCc2ncn(C)n2)c(Nc2ccccc2)n1. The molecule has 0 atom stereocenters. The molecular weight excluding hydrogens is 264 g/mol. The second-order valence-electron chi connectivity index (χ2n) is 4.97. The van der Waals surface area contributed by atoms with Crippen LogP contribution in [0.1, 0.15) is 11.5 Å². The molecule has 0 amide bonds. The third kappa shape index (κ3) is 3.28. The fourth-order valence-electron chi connectivity index (χ4n) is 2.19. The van der Waals surface area contributed by atoms with Gasteiger partial charge in [-0.2, -0.15) is 5.10 Å². The van der Waals surface area contributed by atoms with E-state index in [1.165, 1.54) is 0 Å². The van der Waals surface area contributed by atoms with Crippen molar-refractivity contribution in [1.29, 1.82) is 0 Å². The average Bonchev–Trinajstić information content (AvgIpc) is 3.04. The maximum Gasteiger partial charge on any atom is 0.207 e. The largest absolute Gasteiger partial charge is 0.326 e. The first-order chi connectivity index (χ1) is 10.2. The number of nitrogens with zero attached hydrogens (tertiary/aromatic N) is 5. The lowest BCUT2D eigenvalue weighted by molar-refractivity contribution is 0.664. The Morgan fingerprint density at radius 1 is 1.19 bits per heavy atom. The summed E-state index contributed by atoms with van der Waals surface area (Å²) >= 11 is 0. The second-order valence-corrected chi connectivity index (χ2v) is 4.97. The van der Waals surface area contributed by atoms with Crippen molar-refractivity contribution in [2.24, 2.45) is 7.05 Å². The first-order valence-electron chi connectivity index (χ1n) is 6.91. The van der Waals surface area contributed by atoms with E-state index in [0.717, 1.165) is 36.1 Å². The zero-order valence-corrected chi connectivity index (χ0v) is 12.2. The zero-order valence-electron chi connectivity index (χ0n) is 12.2. The number of imidazole rings is 1. The van der Waals surface area contributed by atoms with Crippen LogP contribution in [0.3, 0.4) is 0 Å². The first-order valence-corrected chi connectivity index (χ1v) is 6.91. The molecule has 0 saturated carbocycles. The molecule has 0 saturated heterocycles. The molecule has 0 unspecified atom stereocenters. The summed E-state index contributed by atoms with van der Waals surface area (Å²) in [5.74, 6) is 1.68. The highest BCUT2D eigenvalue weighted by atomic mass is 15.3. The number of aromatic nitrogens is 5. The standard InChI is InChI=1S/C15H18N6/c1-12-10-21(9-8-14-16-11-20(2)19-14)15(17-12)18-13-6-4-3-5-7-13/h3-7,10-11H,8-9H2,1-2H3,(H,17,18). The quantitative estimate of drug-likeness (QED) is 0.780. The Bertz CT molecular complexity index is 713. The number of hydrogen-bond donors (Lipinski definition) is 1. The Balaban J connectivity index is 1.73. The van der Waals surface area contributed by atoms with Crippen molar-refractivity contribution in [3.8, 4) is 0 Å². The smallest absolute Gasteiger partial charge is 0.207 e. The van der Waals surface area contributed by atoms with Crippen molar-refractivity contribution < 1.29 is 0 Å². The summed E-state index contributed by atoms with van der Waals surface area (Å²) in [7, 11) is 1.88. The monoisotopic (exact) mass is 282 g/mol. The van der Waals surface area contributed by atoms with Crippen LogP contribution in [-0.2, 0) is 20.0 Å². The number of aryl methyl sites for hydroxylation is 4. The molecule has 0 bridgehead atoms. The Kier molecular flexibility index (Phi) is 3.68. The molecular formula is C15H18N6. The number of nitrogens with one attached hydrogen (secondary N) is 1. The molecule has 6 nitrogen and oxygen atoms in total. The van der Waals surface area contributed by atoms with Crippen LogP contribution in [0.15, 0.2) is 42.9 Å². The van der Waals surface area contributed by atoms with Gasteiger partial charge in [-0.15, -0.1) is 0 Å². The molecule has 0 spiro atoms. The minimum Gasteiger partial charge on any atom is -0.326 e. The van der Waals surface area contributed by atoms with Gasteiger partial charge < -0.3 is 9.88 Å². The van der Waals surface area contributed by atoms with Gasteiger partial charge in [0.25, 0.3) is 0 Å². The lowest BCUT2D eigenvalue weighted by Gasteiger charge is -2.08. The lowest BCUT2D eigenvalue weighted by atomic mass is 10.3. The average molecular weight is 282 g/mol. The van der Waals surface area contributed by atoms with Crippen molar-refractivity contribution in [3.05, 3.63) is 54.4 Å². The van der Waals surface area contributed by atoms with E-state index in [1.807, 2.05) is 50.5 Å². The third-order valence-electron chi connectivity index (χ3n) is 3.15. The molecule has 0 fully saturated rings. The summed E-state index contributed by atoms with van der Waals surface area (Å²) in [6.45, 7) is 2.78. The van der Waals surface area contributed by atoms with Crippen LogP contribution < -0.4 is 5.32 Å². The van der Waals surface area contributed by atoms with Gasteiger partial charge in [0, 0.05) is 31.9 Å². The van der Waals surface area contributed by atoms with Gasteiger partial charge in [-0.3, -0.25) is 4.68 Å². The highest BCUT2D eigenvalue weighted by Gasteiger charge is 2.07. The number of benzene rings is 1. The lowest BCUT2D eigenvalue weighted by Crippen LogP contribution is -2.06. The highest BCUT2D eigenvalue weighted by molar-refractivity contribution is 5.53. The fraction of sp³-hybridized carbons (Fsp3) is 0.267. The van der Waals surface area contributed by atoms with E-state index in [1.54, 1.807) is 11.0 Å². The van der Waals surface area contributed by atoms with Crippen molar-refractivity contribution >= 4 is 11.6 Å². The zero-order chi connectivity index (χ0) is 14.7. The van der Waals surface area contributed by atoms with Gasteiger partial charge in [0.05, 0.1) is 5.69 Å². The molecule has 108 valence electrons. The summed E-state index contributed by atoms with van der Waals surface area (Å²) in [6, 6.07) is 10.0. The van der Waals surface area contributed by atoms with E-state index in [9.17, 15) is 0 Å². The van der Waals surface area contributed by atoms with Gasteiger partial charge in [-0.1, -0.05) is 18.2 Å². The van der Waals surface area contributed by atoms with Crippen LogP contribution >= 0.6 is 0 Å². The van der Waals surface area contributed by atoms with Crippen LogP contribution in [0.4, 0.5) is 11.6 Å². The Labute approximate surface area is 123 Å². The predicted octanol–water partition coefficient (Wildman–Crippen LogP) is 2.31. The van der Waals surface area contributed by atoms with Gasteiger partial charge in [0.2, 0.25) is 5.95 Å². The van der Waals surface area contributed by atoms with E-state index in [4.69, 9.17) is 0 Å². The van der Waals surface area contributed by atoms with Crippen molar-refractivity contribution in [2.45, 2.75) is 19.9 Å². The second kappa shape index (κ2) is 5.78. The van der Waals surface area contributed by atoms with Gasteiger partial charge in [0.1, 0.15) is 6.33 Å². The molecule has 0 radical (unpaired) electrons. The minimum absolute atomic E-state index is 0.778. The normalized spacial score (nSPS) is 10.8. The molecule has 0 aliphatic rings. The highest BCUT2D eigenvalue weighted by Crippen LogP contribution is 2.16. The number of para-hydroxylation sites is 1. The fourth-order valence-corrected chi connectivity index (χ4v) is 2.19. The van der Waals surface area contributed by atoms with Crippen LogP contribution in [0.2, 0.25) is 0 Å². The van der Waals surface area contributed by atoms with Gasteiger partial charge in [0.15, 0.2) is 5.82 Å². The predicted molar refractivity (Wildman–Crippen MR) is 81.4 cm³/mol. The summed E-state index contributed by atoms with van der Waals surface area (Å²) in [6.07, 6.45) is 4.53. The van der Waals surface area contributed by atoms with Crippen molar-refractivity contribution in [3.63, 3.8) is 0 Å². The van der Waals surface area contributed by atoms with Crippen LogP contribution in [0.25, 0.3) is 0 Å². The topological polar surface area (TPSA) is 60.6 Å². The summed E-state index contributed by atoms with van der Waals surface area (Å²) < 4.78 is 3.82. The molecule has 1 N–H and O–H groups in total. The van der Waals surface area contributed by atoms with Crippen molar-refractivity contribution in [2.75, 3.05) is 5.32 Å². The van der Waals surface area contributed by atoms with Crippen LogP contribution in [-0.4, -0.2) is 24.3 Å². The maximum atomic E-state index is 4.53. The van der Waals surface area contributed by atoms with E-state index in [0.29, 0.717) is 0 Å². The molecule has 2 aromatic heterocycles. The summed E-state index contributed by atoms with van der Waals surface area (Å²) in [5, 5.41) is 7.64. The number of rotatable bonds is 5. The molecule has 1 aromatic carbocycles. The summed E-state index contributed by atoms with van der Waals surface area (Å²) in [4.78, 5) is 8.78. The molecule has 3 rings (SSSR count). The van der Waals surface area contributed by atoms with E-state index in [2.05, 4.69) is 25.0 Å².